The Labute approximate surface area is 167 Å². The summed E-state index contributed by atoms with van der Waals surface area (Å²) in [5.74, 6) is -0.133. The van der Waals surface area contributed by atoms with E-state index in [-0.39, 0.29) is 11.7 Å². The fourth-order valence-corrected chi connectivity index (χ4v) is 4.33. The van der Waals surface area contributed by atoms with Crippen molar-refractivity contribution in [2.75, 3.05) is 12.3 Å². The number of anilines is 1. The first-order valence-corrected chi connectivity index (χ1v) is 9.68. The van der Waals surface area contributed by atoms with E-state index in [0.29, 0.717) is 17.6 Å². The van der Waals surface area contributed by atoms with Gasteiger partial charge in [0.1, 0.15) is 30.2 Å². The van der Waals surface area contributed by atoms with Crippen LogP contribution in [0, 0.1) is 0 Å². The second kappa shape index (κ2) is 7.68. The van der Waals surface area contributed by atoms with E-state index in [1.807, 2.05) is 37.3 Å². The van der Waals surface area contributed by atoms with Gasteiger partial charge in [-0.3, -0.25) is 4.57 Å². The largest absolute Gasteiger partial charge is 0.394 e. The van der Waals surface area contributed by atoms with Gasteiger partial charge in [-0.2, -0.15) is 0 Å². The summed E-state index contributed by atoms with van der Waals surface area (Å²) in [6, 6.07) is 9.66. The fourth-order valence-electron chi connectivity index (χ4n) is 4.33. The lowest BCUT2D eigenvalue weighted by Crippen LogP contribution is -2.50. The molecule has 5 N–H and O–H groups in total. The van der Waals surface area contributed by atoms with E-state index in [1.54, 1.807) is 4.57 Å². The van der Waals surface area contributed by atoms with Crippen LogP contribution < -0.4 is 5.73 Å². The number of nitrogens with two attached hydrogens (primary N) is 1. The Kier molecular flexibility index (Phi) is 5.22. The summed E-state index contributed by atoms with van der Waals surface area (Å²) in [6.07, 6.45) is 0.723. The van der Waals surface area contributed by atoms with E-state index < -0.39 is 30.6 Å². The van der Waals surface area contributed by atoms with Gasteiger partial charge in [-0.1, -0.05) is 43.7 Å². The monoisotopic (exact) mass is 399 g/mol. The minimum Gasteiger partial charge on any atom is -0.394 e. The van der Waals surface area contributed by atoms with Crippen molar-refractivity contribution in [3.05, 3.63) is 48.5 Å². The number of nitrogens with zero attached hydrogens (tertiary/aromatic N) is 4. The predicted octanol–water partition coefficient (Wildman–Crippen LogP) is 0.758. The molecule has 0 bridgehead atoms. The lowest BCUT2D eigenvalue weighted by atomic mass is 9.80. The standard InChI is InChI=1S/C20H25N5O4/c1-2-6-13(12-7-4-3-5-8-12)20(17(28)16(27)14(9-26)29-20)25-11-24-15-18(21)22-10-23-19(15)25/h3-5,7-8,10-11,13-14,16-17,26-28H,2,6,9H2,1H3,(H2,21,22,23)/t13?,14-,16-,17-,20-/m1/s1. The number of aliphatic hydroxyl groups excluding tert-OH is 3. The van der Waals surface area contributed by atoms with E-state index in [1.165, 1.54) is 12.7 Å². The van der Waals surface area contributed by atoms with Gasteiger partial charge in [-0.05, 0) is 12.0 Å². The van der Waals surface area contributed by atoms with Crippen molar-refractivity contribution in [2.24, 2.45) is 0 Å². The number of aliphatic hydroxyl groups is 3. The van der Waals surface area contributed by atoms with Crippen LogP contribution in [0.15, 0.2) is 43.0 Å². The van der Waals surface area contributed by atoms with E-state index >= 15 is 0 Å². The molecule has 5 atom stereocenters. The van der Waals surface area contributed by atoms with Crippen LogP contribution in [0.25, 0.3) is 11.2 Å². The van der Waals surface area contributed by atoms with Gasteiger partial charge in [-0.15, -0.1) is 0 Å². The molecule has 2 aromatic heterocycles. The number of fused-ring (bicyclic) bond motifs is 1. The molecule has 0 radical (unpaired) electrons. The molecule has 1 aliphatic heterocycles. The zero-order chi connectivity index (χ0) is 20.6. The number of hydrogen-bond acceptors (Lipinski definition) is 8. The smallest absolute Gasteiger partial charge is 0.183 e. The number of rotatable bonds is 6. The average Bonchev–Trinajstić information content (AvgIpc) is 3.29. The maximum Gasteiger partial charge on any atom is 0.183 e. The third kappa shape index (κ3) is 2.98. The lowest BCUT2D eigenvalue weighted by molar-refractivity contribution is -0.164. The zero-order valence-corrected chi connectivity index (χ0v) is 16.1. The van der Waals surface area contributed by atoms with Crippen LogP contribution >= 0.6 is 0 Å². The summed E-state index contributed by atoms with van der Waals surface area (Å²) in [5.41, 5.74) is 6.23. The molecule has 1 aromatic carbocycles. The average molecular weight is 399 g/mol. The Bertz CT molecular complexity index is 981. The van der Waals surface area contributed by atoms with E-state index in [0.717, 1.165) is 12.0 Å². The molecule has 0 amide bonds. The van der Waals surface area contributed by atoms with Gasteiger partial charge in [0.15, 0.2) is 17.2 Å². The van der Waals surface area contributed by atoms with E-state index in [4.69, 9.17) is 10.5 Å². The highest BCUT2D eigenvalue weighted by Crippen LogP contribution is 2.49. The highest BCUT2D eigenvalue weighted by molar-refractivity contribution is 5.81. The number of hydrogen-bond donors (Lipinski definition) is 4. The molecule has 1 saturated heterocycles. The summed E-state index contributed by atoms with van der Waals surface area (Å²) >= 11 is 0. The van der Waals surface area contributed by atoms with Crippen LogP contribution in [-0.4, -0.2) is 59.8 Å². The molecule has 3 aromatic rings. The number of benzene rings is 1. The molecule has 1 aliphatic rings. The minimum absolute atomic E-state index is 0.211. The Hall–Kier alpha value is -2.59. The van der Waals surface area contributed by atoms with Crippen molar-refractivity contribution < 1.29 is 20.1 Å². The van der Waals surface area contributed by atoms with Crippen LogP contribution in [0.3, 0.4) is 0 Å². The third-order valence-electron chi connectivity index (χ3n) is 5.67. The Morgan fingerprint density at radius 2 is 1.97 bits per heavy atom. The Morgan fingerprint density at radius 3 is 2.62 bits per heavy atom. The van der Waals surface area contributed by atoms with E-state index in [2.05, 4.69) is 15.0 Å². The molecule has 3 heterocycles. The van der Waals surface area contributed by atoms with Gasteiger partial charge in [0.25, 0.3) is 0 Å². The molecule has 0 aliphatic carbocycles. The molecular weight excluding hydrogens is 374 g/mol. The summed E-state index contributed by atoms with van der Waals surface area (Å²) in [4.78, 5) is 12.6. The van der Waals surface area contributed by atoms with Crippen molar-refractivity contribution in [3.63, 3.8) is 0 Å². The van der Waals surface area contributed by atoms with Crippen LogP contribution in [-0.2, 0) is 10.5 Å². The van der Waals surface area contributed by atoms with Crippen molar-refractivity contribution >= 4 is 17.0 Å². The molecular formula is C20H25N5O4. The number of imidazole rings is 1. The molecule has 9 nitrogen and oxygen atoms in total. The number of nitrogen functional groups attached to an aromatic ring is 1. The lowest BCUT2D eigenvalue weighted by Gasteiger charge is -2.41. The van der Waals surface area contributed by atoms with Gasteiger partial charge in [0, 0.05) is 5.92 Å². The summed E-state index contributed by atoms with van der Waals surface area (Å²) in [6.45, 7) is 1.61. The quantitative estimate of drug-likeness (QED) is 0.476. The van der Waals surface area contributed by atoms with Crippen molar-refractivity contribution in [1.29, 1.82) is 0 Å². The van der Waals surface area contributed by atoms with Crippen LogP contribution in [0.1, 0.15) is 31.2 Å². The first-order chi connectivity index (χ1) is 14.0. The Balaban J connectivity index is 1.98. The van der Waals surface area contributed by atoms with Crippen molar-refractivity contribution in [3.8, 4) is 0 Å². The SMILES string of the molecule is CCCC(c1ccccc1)[C@@]1(n2cnc3c(N)ncnc32)O[C@H](CO)[C@@H](O)[C@H]1O. The second-order valence-electron chi connectivity index (χ2n) is 7.32. The second-order valence-corrected chi connectivity index (χ2v) is 7.32. The van der Waals surface area contributed by atoms with Gasteiger partial charge in [-0.25, -0.2) is 15.0 Å². The number of ether oxygens (including phenoxy) is 1. The Morgan fingerprint density at radius 1 is 1.21 bits per heavy atom. The molecule has 1 fully saturated rings. The minimum atomic E-state index is -1.43. The summed E-state index contributed by atoms with van der Waals surface area (Å²) < 4.78 is 7.88. The predicted molar refractivity (Wildman–Crippen MR) is 106 cm³/mol. The van der Waals surface area contributed by atoms with Gasteiger partial charge >= 0.3 is 0 Å². The van der Waals surface area contributed by atoms with Crippen molar-refractivity contribution in [1.82, 2.24) is 19.5 Å². The highest BCUT2D eigenvalue weighted by Gasteiger charge is 2.60. The topological polar surface area (TPSA) is 140 Å². The molecule has 1 unspecified atom stereocenters. The number of aromatic nitrogens is 4. The molecule has 9 heteroatoms. The zero-order valence-electron chi connectivity index (χ0n) is 16.1. The third-order valence-corrected chi connectivity index (χ3v) is 5.67. The molecule has 29 heavy (non-hydrogen) atoms. The molecule has 154 valence electrons. The van der Waals surface area contributed by atoms with Gasteiger partial charge in [0.2, 0.25) is 0 Å². The maximum atomic E-state index is 11.3. The van der Waals surface area contributed by atoms with Crippen LogP contribution in [0.5, 0.6) is 0 Å². The fraction of sp³-hybridized carbons (Fsp3) is 0.450. The maximum absolute atomic E-state index is 11.3. The molecule has 0 saturated carbocycles. The molecule has 4 rings (SSSR count). The summed E-state index contributed by atoms with van der Waals surface area (Å²) in [7, 11) is 0. The van der Waals surface area contributed by atoms with Gasteiger partial charge < -0.3 is 25.8 Å². The van der Waals surface area contributed by atoms with E-state index in [9.17, 15) is 15.3 Å². The van der Waals surface area contributed by atoms with Gasteiger partial charge in [0.05, 0.1) is 12.9 Å². The summed E-state index contributed by atoms with van der Waals surface area (Å²) in [5, 5.41) is 31.7. The normalized spacial score (nSPS) is 28.1. The van der Waals surface area contributed by atoms with Crippen molar-refractivity contribution in [2.45, 2.75) is 49.7 Å². The highest BCUT2D eigenvalue weighted by atomic mass is 16.6. The van der Waals surface area contributed by atoms with Crippen LogP contribution in [0.2, 0.25) is 0 Å². The first-order valence-electron chi connectivity index (χ1n) is 9.68. The molecule has 0 spiro atoms. The first kappa shape index (κ1) is 19.7. The van der Waals surface area contributed by atoms with Crippen LogP contribution in [0.4, 0.5) is 5.82 Å².